The molecule has 5 nitrogen and oxygen atoms in total. The van der Waals surface area contributed by atoms with E-state index < -0.39 is 11.7 Å². The average molecular weight is 378 g/mol. The average Bonchev–Trinajstić information content (AvgIpc) is 2.62. The molecule has 1 N–H and O–H groups in total. The Morgan fingerprint density at radius 1 is 1.35 bits per heavy atom. The van der Waals surface area contributed by atoms with Crippen molar-refractivity contribution in [2.24, 2.45) is 0 Å². The normalized spacial score (nSPS) is 15.7. The number of nitrogens with zero attached hydrogens (tertiary/aromatic N) is 2. The van der Waals surface area contributed by atoms with Gasteiger partial charge in [0.25, 0.3) is 5.91 Å². The van der Waals surface area contributed by atoms with E-state index in [9.17, 15) is 9.18 Å². The van der Waals surface area contributed by atoms with Gasteiger partial charge in [-0.25, -0.2) is 4.39 Å². The number of benzene rings is 1. The van der Waals surface area contributed by atoms with Crippen LogP contribution >= 0.6 is 11.6 Å². The van der Waals surface area contributed by atoms with Gasteiger partial charge in [0, 0.05) is 19.2 Å². The minimum Gasteiger partial charge on any atom is -0.474 e. The molecule has 1 aromatic heterocycles. The van der Waals surface area contributed by atoms with Crippen molar-refractivity contribution < 1.29 is 13.9 Å². The summed E-state index contributed by atoms with van der Waals surface area (Å²) in [7, 11) is 0. The van der Waals surface area contributed by atoms with Crippen LogP contribution in [-0.2, 0) is 0 Å². The van der Waals surface area contributed by atoms with Crippen LogP contribution in [0.25, 0.3) is 0 Å². The highest BCUT2D eigenvalue weighted by molar-refractivity contribution is 6.34. The molecule has 1 saturated heterocycles. The lowest BCUT2D eigenvalue weighted by Gasteiger charge is -2.30. The van der Waals surface area contributed by atoms with Gasteiger partial charge in [-0.2, -0.15) is 4.98 Å². The number of aromatic nitrogens is 1. The summed E-state index contributed by atoms with van der Waals surface area (Å²) in [5.74, 6) is -0.105. The Kier molecular flexibility index (Phi) is 6.06. The second-order valence-corrected chi connectivity index (χ2v) is 6.60. The molecule has 0 unspecified atom stereocenters. The van der Waals surface area contributed by atoms with Crippen molar-refractivity contribution in [2.75, 3.05) is 25.0 Å². The number of amides is 1. The molecule has 0 saturated carbocycles. The summed E-state index contributed by atoms with van der Waals surface area (Å²) in [5.41, 5.74) is 0.188. The van der Waals surface area contributed by atoms with Crippen molar-refractivity contribution in [1.29, 1.82) is 0 Å². The highest BCUT2D eigenvalue weighted by atomic mass is 35.5. The molecule has 0 spiro atoms. The van der Waals surface area contributed by atoms with Crippen molar-refractivity contribution in [3.63, 3.8) is 0 Å². The summed E-state index contributed by atoms with van der Waals surface area (Å²) in [6.07, 6.45) is 2.04. The maximum atomic E-state index is 13.1. The third kappa shape index (κ3) is 4.71. The highest BCUT2D eigenvalue weighted by Crippen LogP contribution is 2.21. The van der Waals surface area contributed by atoms with Crippen LogP contribution in [0.2, 0.25) is 5.02 Å². The van der Waals surface area contributed by atoms with E-state index in [2.05, 4.69) is 22.1 Å². The number of carbonyl (C=O) groups excluding carboxylic acids is 1. The van der Waals surface area contributed by atoms with Crippen LogP contribution in [-0.4, -0.2) is 41.5 Å². The minimum absolute atomic E-state index is 0.0533. The van der Waals surface area contributed by atoms with E-state index >= 15 is 0 Å². The molecule has 0 bridgehead atoms. The van der Waals surface area contributed by atoms with Gasteiger partial charge in [-0.05, 0) is 43.7 Å². The highest BCUT2D eigenvalue weighted by Gasteiger charge is 2.20. The lowest BCUT2D eigenvalue weighted by Crippen LogP contribution is -2.38. The number of pyridine rings is 1. The molecule has 0 atom stereocenters. The molecular weight excluding hydrogens is 357 g/mol. The molecule has 138 valence electrons. The summed E-state index contributed by atoms with van der Waals surface area (Å²) in [4.78, 5) is 19.0. The van der Waals surface area contributed by atoms with E-state index in [1.807, 2.05) is 0 Å². The molecular formula is C19H21ClFN3O2. The molecule has 2 heterocycles. The molecule has 1 aliphatic rings. The Morgan fingerprint density at radius 3 is 2.81 bits per heavy atom. The predicted molar refractivity (Wildman–Crippen MR) is 99.4 cm³/mol. The van der Waals surface area contributed by atoms with E-state index in [0.717, 1.165) is 38.5 Å². The van der Waals surface area contributed by atoms with Crippen LogP contribution in [0.15, 0.2) is 36.4 Å². The van der Waals surface area contributed by atoms with Crippen LogP contribution < -0.4 is 10.1 Å². The maximum Gasteiger partial charge on any atom is 0.258 e. The zero-order chi connectivity index (χ0) is 18.5. The number of hydrogen-bond donors (Lipinski definition) is 1. The smallest absolute Gasteiger partial charge is 0.258 e. The fourth-order valence-electron chi connectivity index (χ4n) is 2.92. The Balaban J connectivity index is 1.63. The van der Waals surface area contributed by atoms with Gasteiger partial charge in [-0.3, -0.25) is 4.79 Å². The van der Waals surface area contributed by atoms with Gasteiger partial charge in [-0.1, -0.05) is 24.6 Å². The van der Waals surface area contributed by atoms with Crippen molar-refractivity contribution in [2.45, 2.75) is 25.9 Å². The summed E-state index contributed by atoms with van der Waals surface area (Å²) < 4.78 is 19.1. The Hall–Kier alpha value is -2.18. The van der Waals surface area contributed by atoms with E-state index in [1.54, 1.807) is 18.2 Å². The molecule has 7 heteroatoms. The van der Waals surface area contributed by atoms with Crippen molar-refractivity contribution in [1.82, 2.24) is 9.88 Å². The molecule has 1 fully saturated rings. The van der Waals surface area contributed by atoms with Crippen LogP contribution in [0, 0.1) is 5.82 Å². The first kappa shape index (κ1) is 18.6. The van der Waals surface area contributed by atoms with Gasteiger partial charge in [0.15, 0.2) is 0 Å². The summed E-state index contributed by atoms with van der Waals surface area (Å²) >= 11 is 5.92. The molecule has 2 aromatic rings. The fourth-order valence-corrected chi connectivity index (χ4v) is 3.17. The van der Waals surface area contributed by atoms with Crippen LogP contribution in [0.4, 0.5) is 10.2 Å². The maximum absolute atomic E-state index is 13.1. The van der Waals surface area contributed by atoms with Crippen LogP contribution in [0.1, 0.15) is 30.1 Å². The molecule has 26 heavy (non-hydrogen) atoms. The number of piperidine rings is 1. The molecule has 1 aliphatic heterocycles. The topological polar surface area (TPSA) is 54.5 Å². The quantitative estimate of drug-likeness (QED) is 0.856. The van der Waals surface area contributed by atoms with Crippen molar-refractivity contribution in [3.8, 4) is 5.88 Å². The number of halogens is 2. The fraction of sp³-hybridized carbons (Fsp3) is 0.368. The SMILES string of the molecule is CCN1CCC(Oc2cccc(NC(=O)c3ccc(F)cc3Cl)n2)CC1. The van der Waals surface area contributed by atoms with Gasteiger partial charge in [-0.15, -0.1) is 0 Å². The van der Waals surface area contributed by atoms with Gasteiger partial charge >= 0.3 is 0 Å². The summed E-state index contributed by atoms with van der Waals surface area (Å²) in [5, 5.41) is 2.72. The first-order valence-corrected chi connectivity index (χ1v) is 9.05. The first-order valence-electron chi connectivity index (χ1n) is 8.67. The number of hydrogen-bond acceptors (Lipinski definition) is 4. The van der Waals surface area contributed by atoms with Gasteiger partial charge in [0.05, 0.1) is 10.6 Å². The number of nitrogens with one attached hydrogen (secondary N) is 1. The number of carbonyl (C=O) groups is 1. The lowest BCUT2D eigenvalue weighted by atomic mass is 10.1. The van der Waals surface area contributed by atoms with Gasteiger partial charge < -0.3 is 15.0 Å². The predicted octanol–water partition coefficient (Wildman–Crippen LogP) is 3.99. The summed E-state index contributed by atoms with van der Waals surface area (Å²) in [6, 6.07) is 8.84. The van der Waals surface area contributed by atoms with E-state index in [-0.39, 0.29) is 16.7 Å². The molecule has 0 radical (unpaired) electrons. The Bertz CT molecular complexity index is 779. The first-order chi connectivity index (χ1) is 12.5. The minimum atomic E-state index is -0.491. The lowest BCUT2D eigenvalue weighted by molar-refractivity contribution is 0.0997. The van der Waals surface area contributed by atoms with Crippen LogP contribution in [0.3, 0.4) is 0 Å². The third-order valence-electron chi connectivity index (χ3n) is 4.41. The summed E-state index contributed by atoms with van der Waals surface area (Å²) in [6.45, 7) is 5.24. The van der Waals surface area contributed by atoms with Crippen molar-refractivity contribution in [3.05, 3.63) is 52.8 Å². The second kappa shape index (κ2) is 8.47. The second-order valence-electron chi connectivity index (χ2n) is 6.19. The molecule has 1 amide bonds. The largest absolute Gasteiger partial charge is 0.474 e. The molecule has 3 rings (SSSR count). The standard InChI is InChI=1S/C19H21ClFN3O2/c1-2-24-10-8-14(9-11-24)26-18-5-3-4-17(22-18)23-19(25)15-7-6-13(21)12-16(15)20/h3-7,12,14H,2,8-11H2,1H3,(H,22,23,25). The van der Waals surface area contributed by atoms with E-state index in [4.69, 9.17) is 16.3 Å². The third-order valence-corrected chi connectivity index (χ3v) is 4.72. The van der Waals surface area contributed by atoms with Crippen molar-refractivity contribution >= 4 is 23.3 Å². The molecule has 1 aromatic carbocycles. The van der Waals surface area contributed by atoms with Gasteiger partial charge in [0.2, 0.25) is 5.88 Å². The number of anilines is 1. The monoisotopic (exact) mass is 377 g/mol. The Morgan fingerprint density at radius 2 is 2.12 bits per heavy atom. The zero-order valence-corrected chi connectivity index (χ0v) is 15.3. The number of ether oxygens (including phenoxy) is 1. The number of likely N-dealkylation sites (tertiary alicyclic amines) is 1. The van der Waals surface area contributed by atoms with Crippen LogP contribution in [0.5, 0.6) is 5.88 Å². The van der Waals surface area contributed by atoms with E-state index in [0.29, 0.717) is 11.7 Å². The van der Waals surface area contributed by atoms with Gasteiger partial charge in [0.1, 0.15) is 17.7 Å². The molecule has 0 aliphatic carbocycles. The zero-order valence-electron chi connectivity index (χ0n) is 14.5. The van der Waals surface area contributed by atoms with E-state index in [1.165, 1.54) is 12.1 Å². The number of rotatable bonds is 5. The Labute approximate surface area is 157 Å².